The van der Waals surface area contributed by atoms with Crippen LogP contribution in [0.3, 0.4) is 0 Å². The normalized spacial score (nSPS) is 13.3. The van der Waals surface area contributed by atoms with Crippen LogP contribution in [0.15, 0.2) is 5.38 Å². The number of aromatic nitrogens is 1. The minimum Gasteiger partial charge on any atom is -0.481 e. The summed E-state index contributed by atoms with van der Waals surface area (Å²) in [7, 11) is 0. The summed E-state index contributed by atoms with van der Waals surface area (Å²) in [5, 5.41) is 16.0. The van der Waals surface area contributed by atoms with E-state index in [-0.39, 0.29) is 18.1 Å². The molecule has 0 radical (unpaired) electrons. The number of rotatable bonds is 6. The molecule has 1 rings (SSSR count). The summed E-state index contributed by atoms with van der Waals surface area (Å²) in [6.07, 6.45) is 0.400. The van der Waals surface area contributed by atoms with E-state index in [2.05, 4.69) is 15.6 Å². The molecule has 3 N–H and O–H groups in total. The van der Waals surface area contributed by atoms with Crippen LogP contribution in [0.25, 0.3) is 0 Å². The average Bonchev–Trinajstić information content (AvgIpc) is 2.82. The predicted octanol–water partition coefficient (Wildman–Crippen LogP) is 1.33. The number of carboxylic acids is 1. The standard InChI is InChI=1S/C12H17N3O4S/c1-4-12(3,10(18)19)6-13-9(17)8-5-20-11(15-8)14-7(2)16/h5H,4,6H2,1-3H3,(H,13,17)(H,18,19)(H,14,15,16). The maximum atomic E-state index is 11.9. The molecule has 0 aliphatic rings. The zero-order chi connectivity index (χ0) is 15.3. The topological polar surface area (TPSA) is 108 Å². The zero-order valence-corrected chi connectivity index (χ0v) is 12.3. The number of nitrogens with one attached hydrogen (secondary N) is 2. The summed E-state index contributed by atoms with van der Waals surface area (Å²) in [6.45, 7) is 4.68. The second-order valence-corrected chi connectivity index (χ2v) is 5.48. The first-order chi connectivity index (χ1) is 9.28. The Kier molecular flexibility index (Phi) is 5.20. The molecular weight excluding hydrogens is 282 g/mol. The number of nitrogens with zero attached hydrogens (tertiary/aromatic N) is 1. The number of hydrogen-bond donors (Lipinski definition) is 3. The Morgan fingerprint density at radius 1 is 1.45 bits per heavy atom. The molecule has 0 spiro atoms. The lowest BCUT2D eigenvalue weighted by Gasteiger charge is -2.22. The minimum atomic E-state index is -1.01. The zero-order valence-electron chi connectivity index (χ0n) is 11.5. The largest absolute Gasteiger partial charge is 0.481 e. The third-order valence-corrected chi connectivity index (χ3v) is 3.71. The second kappa shape index (κ2) is 6.47. The molecule has 2 amide bonds. The van der Waals surface area contributed by atoms with E-state index < -0.39 is 17.3 Å². The van der Waals surface area contributed by atoms with Crippen molar-refractivity contribution < 1.29 is 19.5 Å². The summed E-state index contributed by atoms with van der Waals surface area (Å²) >= 11 is 1.13. The van der Waals surface area contributed by atoms with Crippen LogP contribution in [-0.4, -0.2) is 34.4 Å². The monoisotopic (exact) mass is 299 g/mol. The quantitative estimate of drug-likeness (QED) is 0.734. The number of anilines is 1. The van der Waals surface area contributed by atoms with Gasteiger partial charge in [-0.1, -0.05) is 6.92 Å². The lowest BCUT2D eigenvalue weighted by Crippen LogP contribution is -2.40. The predicted molar refractivity (Wildman–Crippen MR) is 74.8 cm³/mol. The van der Waals surface area contributed by atoms with E-state index in [1.165, 1.54) is 12.3 Å². The van der Waals surface area contributed by atoms with E-state index in [1.807, 2.05) is 0 Å². The molecule has 110 valence electrons. The Morgan fingerprint density at radius 2 is 2.10 bits per heavy atom. The molecule has 0 aromatic carbocycles. The van der Waals surface area contributed by atoms with Gasteiger partial charge in [-0.05, 0) is 13.3 Å². The lowest BCUT2D eigenvalue weighted by atomic mass is 9.88. The molecule has 0 aliphatic heterocycles. The Morgan fingerprint density at radius 3 is 2.60 bits per heavy atom. The van der Waals surface area contributed by atoms with Gasteiger partial charge in [-0.3, -0.25) is 14.4 Å². The highest BCUT2D eigenvalue weighted by Crippen LogP contribution is 2.20. The van der Waals surface area contributed by atoms with Gasteiger partial charge >= 0.3 is 5.97 Å². The van der Waals surface area contributed by atoms with Crippen molar-refractivity contribution in [1.82, 2.24) is 10.3 Å². The van der Waals surface area contributed by atoms with Gasteiger partial charge in [0.15, 0.2) is 5.13 Å². The molecule has 1 heterocycles. The van der Waals surface area contributed by atoms with Crippen molar-refractivity contribution in [2.24, 2.45) is 5.41 Å². The SMILES string of the molecule is CCC(C)(CNC(=O)c1csc(NC(C)=O)n1)C(=O)O. The molecule has 0 saturated carbocycles. The van der Waals surface area contributed by atoms with Crippen LogP contribution in [0.4, 0.5) is 5.13 Å². The van der Waals surface area contributed by atoms with E-state index in [4.69, 9.17) is 5.11 Å². The number of hydrogen-bond acceptors (Lipinski definition) is 5. The molecule has 1 aromatic rings. The van der Waals surface area contributed by atoms with Crippen molar-refractivity contribution in [2.75, 3.05) is 11.9 Å². The minimum absolute atomic E-state index is 0.0185. The number of carboxylic acid groups (broad SMARTS) is 1. The molecule has 1 aromatic heterocycles. The van der Waals surface area contributed by atoms with Gasteiger partial charge in [-0.2, -0.15) is 0 Å². The fraction of sp³-hybridized carbons (Fsp3) is 0.500. The van der Waals surface area contributed by atoms with E-state index in [9.17, 15) is 14.4 Å². The van der Waals surface area contributed by atoms with E-state index in [1.54, 1.807) is 13.8 Å². The van der Waals surface area contributed by atoms with Crippen LogP contribution in [0, 0.1) is 5.41 Å². The van der Waals surface area contributed by atoms with Crippen molar-refractivity contribution in [3.8, 4) is 0 Å². The molecule has 0 saturated heterocycles. The molecule has 0 aliphatic carbocycles. The van der Waals surface area contributed by atoms with Gasteiger partial charge in [0.05, 0.1) is 5.41 Å². The van der Waals surface area contributed by atoms with Crippen LogP contribution in [0.2, 0.25) is 0 Å². The molecule has 8 heteroatoms. The maximum Gasteiger partial charge on any atom is 0.311 e. The van der Waals surface area contributed by atoms with Crippen molar-refractivity contribution in [3.63, 3.8) is 0 Å². The Balaban J connectivity index is 2.65. The third kappa shape index (κ3) is 4.02. The number of carbonyl (C=O) groups excluding carboxylic acids is 2. The second-order valence-electron chi connectivity index (χ2n) is 4.62. The fourth-order valence-electron chi connectivity index (χ4n) is 1.30. The van der Waals surface area contributed by atoms with Crippen molar-refractivity contribution >= 4 is 34.3 Å². The number of aliphatic carboxylic acids is 1. The first kappa shape index (κ1) is 16.1. The summed E-state index contributed by atoms with van der Waals surface area (Å²) < 4.78 is 0. The third-order valence-electron chi connectivity index (χ3n) is 2.96. The van der Waals surface area contributed by atoms with Crippen LogP contribution in [0.5, 0.6) is 0 Å². The van der Waals surface area contributed by atoms with Crippen molar-refractivity contribution in [2.45, 2.75) is 27.2 Å². The van der Waals surface area contributed by atoms with E-state index in [0.717, 1.165) is 11.3 Å². The highest BCUT2D eigenvalue weighted by Gasteiger charge is 2.31. The van der Waals surface area contributed by atoms with Crippen molar-refractivity contribution in [3.05, 3.63) is 11.1 Å². The van der Waals surface area contributed by atoms with Gasteiger partial charge in [0.2, 0.25) is 5.91 Å². The van der Waals surface area contributed by atoms with Crippen LogP contribution >= 0.6 is 11.3 Å². The van der Waals surface area contributed by atoms with Gasteiger partial charge in [0.25, 0.3) is 5.91 Å². The number of thiazole rings is 1. The molecule has 1 atom stereocenters. The molecule has 1 unspecified atom stereocenters. The molecular formula is C12H17N3O4S. The maximum absolute atomic E-state index is 11.9. The smallest absolute Gasteiger partial charge is 0.311 e. The van der Waals surface area contributed by atoms with Crippen LogP contribution in [-0.2, 0) is 9.59 Å². The van der Waals surface area contributed by atoms with E-state index in [0.29, 0.717) is 11.6 Å². The summed E-state index contributed by atoms with van der Waals surface area (Å²) in [5.74, 6) is -1.69. The van der Waals surface area contributed by atoms with Gasteiger partial charge in [0.1, 0.15) is 5.69 Å². The number of amides is 2. The summed E-state index contributed by atoms with van der Waals surface area (Å²) in [4.78, 5) is 37.8. The fourth-order valence-corrected chi connectivity index (χ4v) is 2.04. The summed E-state index contributed by atoms with van der Waals surface area (Å²) in [5.41, 5.74) is -0.853. The van der Waals surface area contributed by atoms with Crippen LogP contribution < -0.4 is 10.6 Å². The molecule has 0 bridgehead atoms. The highest BCUT2D eigenvalue weighted by molar-refractivity contribution is 7.14. The van der Waals surface area contributed by atoms with Gasteiger partial charge in [-0.15, -0.1) is 11.3 Å². The Labute approximate surface area is 120 Å². The Hall–Kier alpha value is -1.96. The Bertz CT molecular complexity index is 529. The average molecular weight is 299 g/mol. The van der Waals surface area contributed by atoms with E-state index >= 15 is 0 Å². The van der Waals surface area contributed by atoms with Crippen molar-refractivity contribution in [1.29, 1.82) is 0 Å². The highest BCUT2D eigenvalue weighted by atomic mass is 32.1. The first-order valence-corrected chi connectivity index (χ1v) is 6.91. The summed E-state index contributed by atoms with van der Waals surface area (Å²) in [6, 6.07) is 0. The van der Waals surface area contributed by atoms with Crippen LogP contribution in [0.1, 0.15) is 37.7 Å². The molecule has 7 nitrogen and oxygen atoms in total. The first-order valence-electron chi connectivity index (χ1n) is 6.03. The van der Waals surface area contributed by atoms with Gasteiger partial charge < -0.3 is 15.7 Å². The molecule has 0 fully saturated rings. The van der Waals surface area contributed by atoms with Gasteiger partial charge in [-0.25, -0.2) is 4.98 Å². The lowest BCUT2D eigenvalue weighted by molar-refractivity contribution is -0.147. The van der Waals surface area contributed by atoms with Gasteiger partial charge in [0, 0.05) is 18.8 Å². The number of carbonyl (C=O) groups is 3. The molecule has 20 heavy (non-hydrogen) atoms.